The van der Waals surface area contributed by atoms with E-state index < -0.39 is 5.97 Å². The van der Waals surface area contributed by atoms with Gasteiger partial charge in [0.2, 0.25) is 0 Å². The average molecular weight is 238 g/mol. The average Bonchev–Trinajstić information content (AvgIpc) is 2.55. The van der Waals surface area contributed by atoms with Gasteiger partial charge in [-0.05, 0) is 30.9 Å². The normalized spacial score (nSPS) is 27.5. The standard InChI is InChI=1S/C11H14N2O2S/c12-10-9(11(14)15)8-6-2-1-3-13(4-6)5-7(8)16-10/h6H,1-5,12H2,(H,14,15). The molecule has 1 aromatic rings. The van der Waals surface area contributed by atoms with Gasteiger partial charge in [-0.1, -0.05) is 0 Å². The molecule has 0 aromatic carbocycles. The van der Waals surface area contributed by atoms with Gasteiger partial charge in [0.25, 0.3) is 0 Å². The van der Waals surface area contributed by atoms with Crippen molar-refractivity contribution in [1.29, 1.82) is 0 Å². The van der Waals surface area contributed by atoms with Crippen LogP contribution in [0.2, 0.25) is 0 Å². The molecule has 0 amide bonds. The SMILES string of the molecule is Nc1sc2c(c1C(=O)O)C1CCCN(C2)C1. The van der Waals surface area contributed by atoms with E-state index in [2.05, 4.69) is 4.90 Å². The summed E-state index contributed by atoms with van der Waals surface area (Å²) in [4.78, 5) is 14.8. The molecule has 5 heteroatoms. The van der Waals surface area contributed by atoms with Gasteiger partial charge in [-0.15, -0.1) is 11.3 Å². The van der Waals surface area contributed by atoms with E-state index in [1.54, 1.807) is 0 Å². The molecule has 86 valence electrons. The second kappa shape index (κ2) is 3.46. The van der Waals surface area contributed by atoms with Gasteiger partial charge in [0.1, 0.15) is 5.00 Å². The van der Waals surface area contributed by atoms with Gasteiger partial charge in [-0.3, -0.25) is 4.90 Å². The van der Waals surface area contributed by atoms with E-state index in [1.807, 2.05) is 0 Å². The molecule has 0 radical (unpaired) electrons. The van der Waals surface area contributed by atoms with Crippen molar-refractivity contribution in [1.82, 2.24) is 4.90 Å². The molecule has 1 fully saturated rings. The minimum atomic E-state index is -0.867. The second-order valence-corrected chi connectivity index (χ2v) is 5.69. The fraction of sp³-hybridized carbons (Fsp3) is 0.545. The molecule has 0 spiro atoms. The number of nitrogens with zero attached hydrogens (tertiary/aromatic N) is 1. The maximum Gasteiger partial charge on any atom is 0.338 e. The highest BCUT2D eigenvalue weighted by molar-refractivity contribution is 7.16. The second-order valence-electron chi connectivity index (χ2n) is 4.56. The lowest BCUT2D eigenvalue weighted by molar-refractivity contribution is 0.0694. The van der Waals surface area contributed by atoms with Crippen LogP contribution in [0.5, 0.6) is 0 Å². The van der Waals surface area contributed by atoms with E-state index in [4.69, 9.17) is 5.73 Å². The largest absolute Gasteiger partial charge is 0.478 e. The van der Waals surface area contributed by atoms with Crippen molar-refractivity contribution in [3.05, 3.63) is 16.0 Å². The molecule has 0 aliphatic carbocycles. The van der Waals surface area contributed by atoms with E-state index >= 15 is 0 Å². The predicted octanol–water partition coefficient (Wildman–Crippen LogP) is 1.72. The van der Waals surface area contributed by atoms with Crippen molar-refractivity contribution in [2.45, 2.75) is 25.3 Å². The summed E-state index contributed by atoms with van der Waals surface area (Å²) in [6.07, 6.45) is 2.26. The molecule has 4 nitrogen and oxygen atoms in total. The zero-order valence-electron chi connectivity index (χ0n) is 8.90. The molecule has 1 aromatic heterocycles. The van der Waals surface area contributed by atoms with Crippen LogP contribution < -0.4 is 5.73 Å². The van der Waals surface area contributed by atoms with Gasteiger partial charge in [0.15, 0.2) is 0 Å². The number of anilines is 1. The molecule has 2 atom stereocenters. The first kappa shape index (κ1) is 10.1. The molecule has 3 rings (SSSR count). The van der Waals surface area contributed by atoms with Crippen LogP contribution in [0.3, 0.4) is 0 Å². The number of rotatable bonds is 1. The molecule has 1 saturated heterocycles. The van der Waals surface area contributed by atoms with E-state index in [1.165, 1.54) is 22.6 Å². The van der Waals surface area contributed by atoms with E-state index in [9.17, 15) is 9.90 Å². The summed E-state index contributed by atoms with van der Waals surface area (Å²) < 4.78 is 0. The first-order valence-electron chi connectivity index (χ1n) is 5.53. The third-order valence-electron chi connectivity index (χ3n) is 3.54. The summed E-state index contributed by atoms with van der Waals surface area (Å²) in [5, 5.41) is 9.70. The van der Waals surface area contributed by atoms with Crippen molar-refractivity contribution in [3.63, 3.8) is 0 Å². The summed E-state index contributed by atoms with van der Waals surface area (Å²) in [6.45, 7) is 3.02. The molecule has 2 unspecified atom stereocenters. The van der Waals surface area contributed by atoms with Crippen LogP contribution in [0.25, 0.3) is 0 Å². The van der Waals surface area contributed by atoms with Crippen LogP contribution in [-0.2, 0) is 6.54 Å². The van der Waals surface area contributed by atoms with E-state index in [-0.39, 0.29) is 0 Å². The van der Waals surface area contributed by atoms with Crippen molar-refractivity contribution < 1.29 is 9.90 Å². The smallest absolute Gasteiger partial charge is 0.338 e. The molecule has 0 saturated carbocycles. The van der Waals surface area contributed by atoms with Crippen molar-refractivity contribution >= 4 is 22.3 Å². The Balaban J connectivity index is 2.14. The fourth-order valence-electron chi connectivity index (χ4n) is 2.92. The number of nitrogen functional groups attached to an aromatic ring is 1. The molecule has 16 heavy (non-hydrogen) atoms. The summed E-state index contributed by atoms with van der Waals surface area (Å²) in [6, 6.07) is 0. The van der Waals surface area contributed by atoms with Crippen LogP contribution in [0.4, 0.5) is 5.00 Å². The van der Waals surface area contributed by atoms with Crippen LogP contribution in [-0.4, -0.2) is 29.1 Å². The summed E-state index contributed by atoms with van der Waals surface area (Å²) in [7, 11) is 0. The van der Waals surface area contributed by atoms with Crippen molar-refractivity contribution in [2.24, 2.45) is 0 Å². The number of fused-ring (bicyclic) bond motifs is 4. The van der Waals surface area contributed by atoms with Gasteiger partial charge in [-0.2, -0.15) is 0 Å². The summed E-state index contributed by atoms with van der Waals surface area (Å²) in [5.74, 6) is -0.480. The molecule has 2 bridgehead atoms. The number of piperidine rings is 1. The topological polar surface area (TPSA) is 66.6 Å². The number of carbonyl (C=O) groups is 1. The lowest BCUT2D eigenvalue weighted by Gasteiger charge is -2.37. The number of hydrogen-bond acceptors (Lipinski definition) is 4. The highest BCUT2D eigenvalue weighted by Gasteiger charge is 2.35. The Hall–Kier alpha value is -1.07. The zero-order chi connectivity index (χ0) is 11.3. The molecule has 3 heterocycles. The maximum absolute atomic E-state index is 11.2. The lowest BCUT2D eigenvalue weighted by Crippen LogP contribution is -2.38. The minimum Gasteiger partial charge on any atom is -0.478 e. The molecule has 2 aliphatic rings. The predicted molar refractivity (Wildman–Crippen MR) is 62.9 cm³/mol. The highest BCUT2D eigenvalue weighted by atomic mass is 32.1. The monoisotopic (exact) mass is 238 g/mol. The number of hydrogen-bond donors (Lipinski definition) is 2. The van der Waals surface area contributed by atoms with E-state index in [0.717, 1.165) is 31.6 Å². The Kier molecular flexibility index (Phi) is 2.19. The quantitative estimate of drug-likeness (QED) is 0.781. The van der Waals surface area contributed by atoms with Crippen LogP contribution >= 0.6 is 11.3 Å². The zero-order valence-corrected chi connectivity index (χ0v) is 9.72. The molecular formula is C11H14N2O2S. The van der Waals surface area contributed by atoms with Crippen molar-refractivity contribution in [2.75, 3.05) is 18.8 Å². The first-order valence-corrected chi connectivity index (χ1v) is 6.35. The van der Waals surface area contributed by atoms with Crippen molar-refractivity contribution in [3.8, 4) is 0 Å². The van der Waals surface area contributed by atoms with Crippen LogP contribution in [0.1, 0.15) is 39.6 Å². The Bertz CT molecular complexity index is 455. The number of aromatic carboxylic acids is 1. The van der Waals surface area contributed by atoms with Gasteiger partial charge in [0, 0.05) is 18.0 Å². The first-order chi connectivity index (χ1) is 7.66. The number of nitrogens with two attached hydrogens (primary N) is 1. The highest BCUT2D eigenvalue weighted by Crippen LogP contribution is 2.43. The third kappa shape index (κ3) is 1.35. The Morgan fingerprint density at radius 2 is 2.38 bits per heavy atom. The molecular weight excluding hydrogens is 224 g/mol. The van der Waals surface area contributed by atoms with Gasteiger partial charge in [-0.25, -0.2) is 4.79 Å². The third-order valence-corrected chi connectivity index (χ3v) is 4.56. The molecule has 3 N–H and O–H groups in total. The lowest BCUT2D eigenvalue weighted by atomic mass is 9.85. The number of thiophene rings is 1. The van der Waals surface area contributed by atoms with Gasteiger partial charge >= 0.3 is 5.97 Å². The van der Waals surface area contributed by atoms with Crippen LogP contribution in [0.15, 0.2) is 0 Å². The minimum absolute atomic E-state index is 0.381. The summed E-state index contributed by atoms with van der Waals surface area (Å²) in [5.41, 5.74) is 7.24. The molecule has 2 aliphatic heterocycles. The maximum atomic E-state index is 11.2. The Morgan fingerprint density at radius 3 is 3.12 bits per heavy atom. The fourth-order valence-corrected chi connectivity index (χ4v) is 4.11. The Morgan fingerprint density at radius 1 is 1.56 bits per heavy atom. The van der Waals surface area contributed by atoms with Gasteiger partial charge < -0.3 is 10.8 Å². The number of carboxylic acids is 1. The number of carboxylic acid groups (broad SMARTS) is 1. The van der Waals surface area contributed by atoms with E-state index in [0.29, 0.717) is 16.5 Å². The van der Waals surface area contributed by atoms with Crippen LogP contribution in [0, 0.1) is 0 Å². The Labute approximate surface area is 97.7 Å². The van der Waals surface area contributed by atoms with Gasteiger partial charge in [0.05, 0.1) is 5.56 Å². The summed E-state index contributed by atoms with van der Waals surface area (Å²) >= 11 is 1.46.